The average molecular weight is 248 g/mol. The minimum Gasteiger partial charge on any atom is -0.320 e. The van der Waals surface area contributed by atoms with Crippen molar-refractivity contribution in [1.29, 1.82) is 0 Å². The minimum atomic E-state index is -0.368. The van der Waals surface area contributed by atoms with Crippen molar-refractivity contribution in [1.82, 2.24) is 14.9 Å². The maximum atomic E-state index is 11.6. The molecule has 0 spiro atoms. The van der Waals surface area contributed by atoms with Gasteiger partial charge in [-0.15, -0.1) is 0 Å². The molecule has 1 aromatic heterocycles. The number of carbonyl (C=O) groups is 1. The Morgan fingerprint density at radius 2 is 2.22 bits per heavy atom. The first-order valence-corrected chi connectivity index (χ1v) is 5.15. The molecule has 0 fully saturated rings. The van der Waals surface area contributed by atoms with Crippen LogP contribution in [0.25, 0.3) is 0 Å². The van der Waals surface area contributed by atoms with Crippen LogP contribution in [0.3, 0.4) is 0 Å². The summed E-state index contributed by atoms with van der Waals surface area (Å²) in [7, 11) is 1.69. The highest BCUT2D eigenvalue weighted by atomic mass is 16.2. The Morgan fingerprint density at radius 3 is 2.94 bits per heavy atom. The van der Waals surface area contributed by atoms with Crippen LogP contribution >= 0.6 is 0 Å². The van der Waals surface area contributed by atoms with Crippen LogP contribution in [0, 0.1) is 0 Å². The van der Waals surface area contributed by atoms with Gasteiger partial charge in [0.05, 0.1) is 12.1 Å². The normalized spacial score (nSPS) is 14.7. The van der Waals surface area contributed by atoms with Crippen LogP contribution in [-0.2, 0) is 11.2 Å². The maximum Gasteiger partial charge on any atom is 0.324 e. The Balaban J connectivity index is 2.32. The summed E-state index contributed by atoms with van der Waals surface area (Å²) in [5.41, 5.74) is 0.121. The molecule has 1 aromatic rings. The van der Waals surface area contributed by atoms with E-state index in [1.54, 1.807) is 18.1 Å². The van der Waals surface area contributed by atoms with E-state index in [0.717, 1.165) is 0 Å². The summed E-state index contributed by atoms with van der Waals surface area (Å²) in [5.74, 6) is 0.392. The van der Waals surface area contributed by atoms with Gasteiger partial charge in [0, 0.05) is 19.4 Å². The van der Waals surface area contributed by atoms with Gasteiger partial charge in [-0.3, -0.25) is 14.8 Å². The quantitative estimate of drug-likeness (QED) is 0.622. The van der Waals surface area contributed by atoms with E-state index in [1.165, 1.54) is 6.20 Å². The zero-order chi connectivity index (χ0) is 13.1. The van der Waals surface area contributed by atoms with Crippen molar-refractivity contribution in [3.63, 3.8) is 0 Å². The third-order valence-electron chi connectivity index (χ3n) is 2.33. The van der Waals surface area contributed by atoms with Gasteiger partial charge in [-0.25, -0.2) is 4.79 Å². The van der Waals surface area contributed by atoms with E-state index in [0.29, 0.717) is 17.5 Å². The first-order chi connectivity index (χ1) is 8.60. The van der Waals surface area contributed by atoms with Crippen molar-refractivity contribution in [2.24, 2.45) is 9.98 Å². The van der Waals surface area contributed by atoms with Gasteiger partial charge < -0.3 is 15.2 Å². The lowest BCUT2D eigenvalue weighted by atomic mass is 10.3. The van der Waals surface area contributed by atoms with Gasteiger partial charge in [0.2, 0.25) is 5.96 Å². The van der Waals surface area contributed by atoms with E-state index in [1.807, 2.05) is 0 Å². The van der Waals surface area contributed by atoms with E-state index in [2.05, 4.69) is 32.0 Å². The van der Waals surface area contributed by atoms with E-state index in [9.17, 15) is 9.59 Å². The number of hydrogen-bond acceptors (Lipinski definition) is 5. The highest BCUT2D eigenvalue weighted by Crippen LogP contribution is 2.13. The number of imidazole rings is 1. The molecule has 1 aliphatic heterocycles. The molecule has 1 aliphatic rings. The molecule has 1 amide bonds. The molecule has 0 unspecified atom stereocenters. The first kappa shape index (κ1) is 11.8. The number of hydrogen-bond donors (Lipinski definition) is 3. The molecule has 8 heteroatoms. The zero-order valence-corrected chi connectivity index (χ0v) is 9.73. The number of aliphatic imine (C=N–C) groups is 2. The fourth-order valence-electron chi connectivity index (χ4n) is 1.49. The molecule has 0 radical (unpaired) electrons. The summed E-state index contributed by atoms with van der Waals surface area (Å²) >= 11 is 0. The number of aromatic nitrogens is 2. The number of nitrogens with one attached hydrogen (secondary N) is 3. The molecule has 0 aliphatic carbocycles. The van der Waals surface area contributed by atoms with Crippen molar-refractivity contribution in [2.45, 2.75) is 6.42 Å². The van der Waals surface area contributed by atoms with Crippen LogP contribution in [0.15, 0.2) is 27.2 Å². The van der Waals surface area contributed by atoms with Crippen LogP contribution in [-0.4, -0.2) is 40.5 Å². The standard InChI is InChI=1S/C10H12N6O2/c1-11-3-4-16(2)9-13-7(17)5-6-8(14-9)15-10(18)12-6/h3-4H,1,5H2,2H3,(H2,12,15,18)(H,13,14,17)/b4-3-. The predicted molar refractivity (Wildman–Crippen MR) is 67.6 cm³/mol. The van der Waals surface area contributed by atoms with Gasteiger partial charge in [-0.1, -0.05) is 0 Å². The number of anilines is 1. The summed E-state index contributed by atoms with van der Waals surface area (Å²) in [6, 6.07) is 0. The largest absolute Gasteiger partial charge is 0.324 e. The second-order valence-electron chi connectivity index (χ2n) is 3.66. The molecule has 0 bridgehead atoms. The van der Waals surface area contributed by atoms with Crippen molar-refractivity contribution >= 4 is 24.4 Å². The van der Waals surface area contributed by atoms with E-state index in [-0.39, 0.29) is 18.0 Å². The lowest BCUT2D eigenvalue weighted by Gasteiger charge is -2.15. The zero-order valence-electron chi connectivity index (χ0n) is 9.73. The number of fused-ring (bicyclic) bond motifs is 1. The molecule has 0 atom stereocenters. The maximum absolute atomic E-state index is 11.6. The summed E-state index contributed by atoms with van der Waals surface area (Å²) in [6.45, 7) is 3.31. The Morgan fingerprint density at radius 1 is 1.44 bits per heavy atom. The summed E-state index contributed by atoms with van der Waals surface area (Å²) in [4.78, 5) is 36.9. The van der Waals surface area contributed by atoms with E-state index >= 15 is 0 Å². The summed E-state index contributed by atoms with van der Waals surface area (Å²) in [5, 5.41) is 2.87. The van der Waals surface area contributed by atoms with Gasteiger partial charge in [-0.2, -0.15) is 4.99 Å². The smallest absolute Gasteiger partial charge is 0.320 e. The highest BCUT2D eigenvalue weighted by Gasteiger charge is 2.19. The molecule has 18 heavy (non-hydrogen) atoms. The second kappa shape index (κ2) is 4.70. The molecular formula is C10H12N6O2. The number of nitrogens with zero attached hydrogens (tertiary/aromatic N) is 3. The molecule has 94 valence electrons. The fourth-order valence-corrected chi connectivity index (χ4v) is 1.49. The molecule has 0 aromatic carbocycles. The van der Waals surface area contributed by atoms with Gasteiger partial charge >= 0.3 is 5.69 Å². The first-order valence-electron chi connectivity index (χ1n) is 5.15. The lowest BCUT2D eigenvalue weighted by Crippen LogP contribution is -2.29. The predicted octanol–water partition coefficient (Wildman–Crippen LogP) is -0.343. The number of H-pyrrole nitrogens is 2. The van der Waals surface area contributed by atoms with Crippen LogP contribution in [0.4, 0.5) is 5.82 Å². The van der Waals surface area contributed by atoms with Gasteiger partial charge in [0.25, 0.3) is 5.91 Å². The SMILES string of the molecule is C=N/C=C\N(C)C1=NC(=O)Cc2[nH]c(=O)[nH]c2N1. The van der Waals surface area contributed by atoms with E-state index < -0.39 is 0 Å². The van der Waals surface area contributed by atoms with Crippen LogP contribution < -0.4 is 11.0 Å². The second-order valence-corrected chi connectivity index (χ2v) is 3.66. The third-order valence-corrected chi connectivity index (χ3v) is 2.33. The van der Waals surface area contributed by atoms with Gasteiger partial charge in [0.1, 0.15) is 5.82 Å². The van der Waals surface area contributed by atoms with Crippen molar-refractivity contribution in [2.75, 3.05) is 12.4 Å². The van der Waals surface area contributed by atoms with Crippen LogP contribution in [0.2, 0.25) is 0 Å². The molecule has 8 nitrogen and oxygen atoms in total. The average Bonchev–Trinajstić information content (AvgIpc) is 2.57. The minimum absolute atomic E-state index is 0.0435. The number of amides is 1. The summed E-state index contributed by atoms with van der Waals surface area (Å²) in [6.07, 6.45) is 3.09. The fraction of sp³-hybridized carbons (Fsp3) is 0.200. The third kappa shape index (κ3) is 2.37. The Kier molecular flexibility index (Phi) is 3.09. The monoisotopic (exact) mass is 248 g/mol. The van der Waals surface area contributed by atoms with Crippen molar-refractivity contribution < 1.29 is 4.79 Å². The number of rotatable bonds is 2. The Bertz CT molecular complexity index is 594. The molecule has 2 rings (SSSR count). The van der Waals surface area contributed by atoms with Crippen molar-refractivity contribution in [3.8, 4) is 0 Å². The Hall–Kier alpha value is -2.64. The topological polar surface area (TPSA) is 106 Å². The molecular weight excluding hydrogens is 236 g/mol. The highest BCUT2D eigenvalue weighted by molar-refractivity contribution is 6.03. The lowest BCUT2D eigenvalue weighted by molar-refractivity contribution is -0.117. The summed E-state index contributed by atoms with van der Waals surface area (Å²) < 4.78 is 0. The van der Waals surface area contributed by atoms with Crippen LogP contribution in [0.5, 0.6) is 0 Å². The Labute approximate surface area is 102 Å². The van der Waals surface area contributed by atoms with Crippen LogP contribution in [0.1, 0.15) is 5.69 Å². The van der Waals surface area contributed by atoms with E-state index in [4.69, 9.17) is 0 Å². The molecule has 0 saturated carbocycles. The van der Waals surface area contributed by atoms with Gasteiger partial charge in [-0.05, 0) is 6.72 Å². The van der Waals surface area contributed by atoms with Gasteiger partial charge in [0.15, 0.2) is 0 Å². The molecule has 3 N–H and O–H groups in total. The number of aromatic amines is 2. The molecule has 2 heterocycles. The van der Waals surface area contributed by atoms with Crippen molar-refractivity contribution in [3.05, 3.63) is 28.6 Å². The number of carbonyl (C=O) groups excluding carboxylic acids is 1. The number of guanidine groups is 1. The molecule has 0 saturated heterocycles.